The first-order valence-electron chi connectivity index (χ1n) is 10.6. The first-order chi connectivity index (χ1) is 14.5. The molecule has 0 spiro atoms. The number of esters is 1. The number of rotatable bonds is 8. The summed E-state index contributed by atoms with van der Waals surface area (Å²) in [5, 5.41) is 4.06. The average molecular weight is 418 g/mol. The lowest BCUT2D eigenvalue weighted by molar-refractivity contribution is 0.0515. The molecule has 0 aromatic carbocycles. The first kappa shape index (κ1) is 22.0. The van der Waals surface area contributed by atoms with Crippen molar-refractivity contribution in [3.63, 3.8) is 0 Å². The number of pyridine rings is 1. The Morgan fingerprint density at radius 2 is 2.00 bits per heavy atom. The van der Waals surface area contributed by atoms with Crippen molar-refractivity contribution in [3.8, 4) is 0 Å². The van der Waals surface area contributed by atoms with Crippen molar-refractivity contribution in [2.24, 2.45) is 0 Å². The third-order valence-corrected chi connectivity index (χ3v) is 5.37. The summed E-state index contributed by atoms with van der Waals surface area (Å²) in [6.07, 6.45) is 4.91. The molecule has 0 bridgehead atoms. The maximum Gasteiger partial charge on any atom is 0.346 e. The predicted octanol–water partition coefficient (Wildman–Crippen LogP) is 2.01. The van der Waals surface area contributed by atoms with E-state index in [-0.39, 0.29) is 18.2 Å². The van der Waals surface area contributed by atoms with Crippen molar-refractivity contribution in [2.45, 2.75) is 52.5 Å². The summed E-state index contributed by atoms with van der Waals surface area (Å²) in [6, 6.07) is 0.133. The molecule has 3 heterocycles. The van der Waals surface area contributed by atoms with Gasteiger partial charge in [-0.1, -0.05) is 13.3 Å². The zero-order valence-corrected chi connectivity index (χ0v) is 18.2. The van der Waals surface area contributed by atoms with Crippen LogP contribution in [0.4, 0.5) is 5.69 Å². The fourth-order valence-corrected chi connectivity index (χ4v) is 3.65. The van der Waals surface area contributed by atoms with Crippen LogP contribution in [0.15, 0.2) is 11.1 Å². The van der Waals surface area contributed by atoms with E-state index in [1.54, 1.807) is 6.92 Å². The van der Waals surface area contributed by atoms with Gasteiger partial charge in [0.15, 0.2) is 11.2 Å². The monoisotopic (exact) mass is 417 g/mol. The Hall–Kier alpha value is -2.68. The van der Waals surface area contributed by atoms with Crippen molar-refractivity contribution in [1.29, 1.82) is 0 Å². The van der Waals surface area contributed by atoms with Gasteiger partial charge in [0, 0.05) is 6.04 Å². The minimum atomic E-state index is -0.670. The number of anilines is 1. The van der Waals surface area contributed by atoms with Crippen molar-refractivity contribution in [3.05, 3.63) is 27.9 Å². The SMILES string of the molecule is CCCCOn1c(=O)c(C(=O)OCC)c(NC2CCN(C)CC2)c2c(C)ncnc21. The molecule has 2 aromatic heterocycles. The van der Waals surface area contributed by atoms with Crippen LogP contribution in [0, 0.1) is 6.92 Å². The molecule has 3 rings (SSSR count). The van der Waals surface area contributed by atoms with Crippen LogP contribution in [0.25, 0.3) is 11.0 Å². The van der Waals surface area contributed by atoms with Gasteiger partial charge in [0.25, 0.3) is 0 Å². The fourth-order valence-electron chi connectivity index (χ4n) is 3.65. The lowest BCUT2D eigenvalue weighted by atomic mass is 10.0. The van der Waals surface area contributed by atoms with Crippen LogP contribution >= 0.6 is 0 Å². The third-order valence-electron chi connectivity index (χ3n) is 5.37. The molecule has 9 heteroatoms. The molecule has 9 nitrogen and oxygen atoms in total. The number of nitrogens with one attached hydrogen (secondary N) is 1. The molecular formula is C21H31N5O4. The molecule has 1 N–H and O–H groups in total. The first-order valence-corrected chi connectivity index (χ1v) is 10.6. The lowest BCUT2D eigenvalue weighted by Crippen LogP contribution is -2.39. The van der Waals surface area contributed by atoms with E-state index in [9.17, 15) is 9.59 Å². The quantitative estimate of drug-likeness (QED) is 0.514. The van der Waals surface area contributed by atoms with Gasteiger partial charge in [0.1, 0.15) is 12.9 Å². The highest BCUT2D eigenvalue weighted by atomic mass is 16.7. The smallest absolute Gasteiger partial charge is 0.346 e. The Labute approximate surface area is 176 Å². The number of unbranched alkanes of at least 4 members (excludes halogenated alkanes) is 1. The zero-order valence-electron chi connectivity index (χ0n) is 18.2. The summed E-state index contributed by atoms with van der Waals surface area (Å²) in [4.78, 5) is 42.8. The number of aromatic nitrogens is 3. The number of carbonyl (C=O) groups excluding carboxylic acids is 1. The number of hydrogen-bond donors (Lipinski definition) is 1. The molecule has 1 aliphatic heterocycles. The summed E-state index contributed by atoms with van der Waals surface area (Å²) in [6.45, 7) is 7.99. The maximum absolute atomic E-state index is 13.3. The molecule has 1 saturated heterocycles. The number of hydrogen-bond acceptors (Lipinski definition) is 8. The maximum atomic E-state index is 13.3. The van der Waals surface area contributed by atoms with Crippen molar-refractivity contribution in [2.75, 3.05) is 38.7 Å². The Bertz CT molecular complexity index is 951. The Kier molecular flexibility index (Phi) is 7.25. The molecule has 164 valence electrons. The largest absolute Gasteiger partial charge is 0.462 e. The van der Waals surface area contributed by atoms with Crippen LogP contribution in [0.5, 0.6) is 0 Å². The van der Waals surface area contributed by atoms with Gasteiger partial charge in [-0.3, -0.25) is 4.79 Å². The summed E-state index contributed by atoms with van der Waals surface area (Å²) in [5.41, 5.74) is 0.834. The molecule has 0 saturated carbocycles. The lowest BCUT2D eigenvalue weighted by Gasteiger charge is -2.31. The summed E-state index contributed by atoms with van der Waals surface area (Å²) < 4.78 is 6.35. The molecule has 0 aliphatic carbocycles. The molecule has 30 heavy (non-hydrogen) atoms. The third kappa shape index (κ3) is 4.56. The molecule has 0 amide bonds. The van der Waals surface area contributed by atoms with Gasteiger partial charge in [0.2, 0.25) is 0 Å². The predicted molar refractivity (Wildman–Crippen MR) is 115 cm³/mol. The van der Waals surface area contributed by atoms with Gasteiger partial charge in [-0.05, 0) is 53.2 Å². The Balaban J connectivity index is 2.18. The number of fused-ring (bicyclic) bond motifs is 1. The van der Waals surface area contributed by atoms with E-state index in [0.717, 1.165) is 43.5 Å². The highest BCUT2D eigenvalue weighted by Crippen LogP contribution is 2.29. The highest BCUT2D eigenvalue weighted by molar-refractivity contribution is 6.05. The zero-order chi connectivity index (χ0) is 21.7. The van der Waals surface area contributed by atoms with Crippen LogP contribution in [0.2, 0.25) is 0 Å². The summed E-state index contributed by atoms with van der Waals surface area (Å²) >= 11 is 0. The van der Waals surface area contributed by atoms with E-state index in [2.05, 4.69) is 27.2 Å². The van der Waals surface area contributed by atoms with E-state index >= 15 is 0 Å². The molecule has 2 aromatic rings. The second kappa shape index (κ2) is 9.88. The van der Waals surface area contributed by atoms with Gasteiger partial charge in [-0.25, -0.2) is 14.8 Å². The van der Waals surface area contributed by atoms with Gasteiger partial charge < -0.3 is 19.8 Å². The van der Waals surface area contributed by atoms with Gasteiger partial charge in [0.05, 0.1) is 23.4 Å². The topological polar surface area (TPSA) is 98.6 Å². The van der Waals surface area contributed by atoms with Crippen LogP contribution < -0.4 is 15.7 Å². The van der Waals surface area contributed by atoms with E-state index < -0.39 is 11.5 Å². The molecule has 1 fully saturated rings. The molecule has 0 atom stereocenters. The second-order valence-corrected chi connectivity index (χ2v) is 7.64. The van der Waals surface area contributed by atoms with E-state index in [4.69, 9.17) is 9.57 Å². The van der Waals surface area contributed by atoms with Gasteiger partial charge in [-0.2, -0.15) is 0 Å². The molecule has 0 radical (unpaired) electrons. The number of carbonyl (C=O) groups is 1. The molecule has 0 unspecified atom stereocenters. The normalized spacial score (nSPS) is 15.3. The number of nitrogens with zero attached hydrogens (tertiary/aromatic N) is 4. The highest BCUT2D eigenvalue weighted by Gasteiger charge is 2.28. The summed E-state index contributed by atoms with van der Waals surface area (Å²) in [5.74, 6) is -0.670. The van der Waals surface area contributed by atoms with Crippen molar-refractivity contribution in [1.82, 2.24) is 19.6 Å². The van der Waals surface area contributed by atoms with E-state index in [0.29, 0.717) is 29.0 Å². The fraction of sp³-hybridized carbons (Fsp3) is 0.619. The van der Waals surface area contributed by atoms with E-state index in [1.165, 1.54) is 6.33 Å². The average Bonchev–Trinajstić information content (AvgIpc) is 2.72. The molecule has 1 aliphatic rings. The number of aryl methyl sites for hydroxylation is 1. The van der Waals surface area contributed by atoms with Crippen LogP contribution in [-0.2, 0) is 4.74 Å². The standard InChI is InChI=1S/C21H31N5O4/c1-5-7-12-30-26-19-16(14(3)22-13-23-19)18(17(20(26)27)21(28)29-6-2)24-15-8-10-25(4)11-9-15/h13,15,24H,5-12H2,1-4H3. The Morgan fingerprint density at radius 1 is 1.27 bits per heavy atom. The molecular weight excluding hydrogens is 386 g/mol. The van der Waals surface area contributed by atoms with Crippen molar-refractivity contribution >= 4 is 22.7 Å². The van der Waals surface area contributed by atoms with Crippen LogP contribution in [0.3, 0.4) is 0 Å². The number of piperidine rings is 1. The Morgan fingerprint density at radius 3 is 2.67 bits per heavy atom. The number of likely N-dealkylation sites (tertiary alicyclic amines) is 1. The summed E-state index contributed by atoms with van der Waals surface area (Å²) in [7, 11) is 2.09. The van der Waals surface area contributed by atoms with E-state index in [1.807, 2.05) is 13.8 Å². The van der Waals surface area contributed by atoms with Crippen LogP contribution in [-0.4, -0.2) is 65.0 Å². The van der Waals surface area contributed by atoms with Crippen molar-refractivity contribution < 1.29 is 14.4 Å². The number of ether oxygens (including phenoxy) is 1. The van der Waals surface area contributed by atoms with Crippen LogP contribution in [0.1, 0.15) is 55.6 Å². The minimum absolute atomic E-state index is 0.0577. The van der Waals surface area contributed by atoms with Gasteiger partial charge >= 0.3 is 11.5 Å². The minimum Gasteiger partial charge on any atom is -0.462 e. The van der Waals surface area contributed by atoms with Gasteiger partial charge in [-0.15, -0.1) is 4.73 Å². The second-order valence-electron chi connectivity index (χ2n) is 7.64.